The van der Waals surface area contributed by atoms with Crippen LogP contribution in [0, 0.1) is 6.92 Å². The maximum Gasteiger partial charge on any atom is 0.431 e. The van der Waals surface area contributed by atoms with Crippen LogP contribution in [0.4, 0.5) is 13.2 Å². The van der Waals surface area contributed by atoms with Crippen LogP contribution in [-0.4, -0.2) is 32.0 Å². The lowest BCUT2D eigenvalue weighted by Gasteiger charge is -2.15. The lowest BCUT2D eigenvalue weighted by molar-refractivity contribution is -0.144. The Morgan fingerprint density at radius 1 is 1.20 bits per heavy atom. The maximum atomic E-state index is 13.2. The van der Waals surface area contributed by atoms with Gasteiger partial charge < -0.3 is 14.4 Å². The van der Waals surface area contributed by atoms with Gasteiger partial charge in [0.05, 0.1) is 16.1 Å². The zero-order valence-electron chi connectivity index (χ0n) is 18.0. The molecular weight excluding hydrogens is 495 g/mol. The largest absolute Gasteiger partial charge is 0.482 e. The molecule has 0 aliphatic rings. The Balaban J connectivity index is 1.93. The SMILES string of the molecule is Cc1ccc(OCC(=O)O)cc1-c1noc2ccc(-n3c(=O)cc(C(F)(F)F)n(C)c3=O)c(Cl)c12. The summed E-state index contributed by atoms with van der Waals surface area (Å²) in [6, 6.07) is 7.67. The number of aryl methyl sites for hydroxylation is 1. The Morgan fingerprint density at radius 2 is 1.91 bits per heavy atom. The zero-order chi connectivity index (χ0) is 25.7. The summed E-state index contributed by atoms with van der Waals surface area (Å²) in [5.41, 5.74) is -2.52. The molecule has 0 bridgehead atoms. The Kier molecular flexibility index (Phi) is 5.93. The molecule has 0 aliphatic heterocycles. The molecule has 9 nitrogen and oxygen atoms in total. The number of ether oxygens (including phenoxy) is 1. The van der Waals surface area contributed by atoms with Crippen LogP contribution in [0.2, 0.25) is 5.02 Å². The molecule has 13 heteroatoms. The molecule has 0 aliphatic carbocycles. The number of rotatable bonds is 5. The number of hydrogen-bond donors (Lipinski definition) is 1. The minimum atomic E-state index is -4.91. The molecule has 0 radical (unpaired) electrons. The van der Waals surface area contributed by atoms with Gasteiger partial charge in [0.2, 0.25) is 0 Å². The summed E-state index contributed by atoms with van der Waals surface area (Å²) in [5.74, 6) is -0.945. The van der Waals surface area contributed by atoms with Crippen molar-refractivity contribution in [1.29, 1.82) is 0 Å². The van der Waals surface area contributed by atoms with E-state index < -0.39 is 35.7 Å². The number of carbonyl (C=O) groups is 1. The Hall–Kier alpha value is -4.06. The highest BCUT2D eigenvalue weighted by atomic mass is 35.5. The molecule has 4 rings (SSSR count). The quantitative estimate of drug-likeness (QED) is 0.435. The van der Waals surface area contributed by atoms with E-state index in [1.807, 2.05) is 0 Å². The molecule has 0 atom stereocenters. The molecular formula is C22H15ClF3N3O6. The molecule has 0 unspecified atom stereocenters. The van der Waals surface area contributed by atoms with E-state index in [1.165, 1.54) is 18.2 Å². The van der Waals surface area contributed by atoms with Crippen LogP contribution < -0.4 is 16.0 Å². The molecule has 0 fully saturated rings. The summed E-state index contributed by atoms with van der Waals surface area (Å²) in [6.45, 7) is 1.16. The van der Waals surface area contributed by atoms with Gasteiger partial charge in [-0.25, -0.2) is 14.2 Å². The highest BCUT2D eigenvalue weighted by Crippen LogP contribution is 2.38. The molecule has 2 aromatic heterocycles. The Labute approximate surface area is 198 Å². The van der Waals surface area contributed by atoms with Crippen molar-refractivity contribution in [1.82, 2.24) is 14.3 Å². The molecule has 0 amide bonds. The zero-order valence-corrected chi connectivity index (χ0v) is 18.8. The highest BCUT2D eigenvalue weighted by molar-refractivity contribution is 6.38. The fourth-order valence-electron chi connectivity index (χ4n) is 3.55. The average molecular weight is 510 g/mol. The van der Waals surface area contributed by atoms with Gasteiger partial charge in [-0.15, -0.1) is 0 Å². The van der Waals surface area contributed by atoms with Crippen LogP contribution in [0.15, 0.2) is 50.5 Å². The molecule has 2 heterocycles. The number of hydrogen-bond acceptors (Lipinski definition) is 6. The Bertz CT molecular complexity index is 1600. The van der Waals surface area contributed by atoms with Gasteiger partial charge in [0.15, 0.2) is 12.2 Å². The van der Waals surface area contributed by atoms with Crippen LogP contribution in [-0.2, 0) is 18.0 Å². The van der Waals surface area contributed by atoms with Gasteiger partial charge in [0.1, 0.15) is 17.1 Å². The van der Waals surface area contributed by atoms with E-state index in [2.05, 4.69) is 5.16 Å². The summed E-state index contributed by atoms with van der Waals surface area (Å²) in [5, 5.41) is 12.9. The predicted molar refractivity (Wildman–Crippen MR) is 118 cm³/mol. The summed E-state index contributed by atoms with van der Waals surface area (Å²) in [6.07, 6.45) is -4.91. The number of aliphatic carboxylic acids is 1. The highest BCUT2D eigenvalue weighted by Gasteiger charge is 2.35. The molecule has 1 N–H and O–H groups in total. The lowest BCUT2D eigenvalue weighted by Crippen LogP contribution is -2.40. The average Bonchev–Trinajstić information content (AvgIpc) is 3.21. The molecule has 2 aromatic carbocycles. The van der Waals surface area contributed by atoms with Crippen molar-refractivity contribution in [2.45, 2.75) is 13.1 Å². The van der Waals surface area contributed by atoms with Crippen molar-refractivity contribution < 1.29 is 32.3 Å². The minimum Gasteiger partial charge on any atom is -0.482 e. The summed E-state index contributed by atoms with van der Waals surface area (Å²) in [7, 11) is 0.893. The first-order valence-electron chi connectivity index (χ1n) is 9.84. The smallest absolute Gasteiger partial charge is 0.431 e. The maximum absolute atomic E-state index is 13.2. The molecule has 35 heavy (non-hydrogen) atoms. The van der Waals surface area contributed by atoms with Gasteiger partial charge in [0.25, 0.3) is 5.56 Å². The molecule has 0 saturated carbocycles. The van der Waals surface area contributed by atoms with E-state index in [9.17, 15) is 27.6 Å². The first-order chi connectivity index (χ1) is 16.4. The van der Waals surface area contributed by atoms with Crippen LogP contribution in [0.5, 0.6) is 5.75 Å². The van der Waals surface area contributed by atoms with Gasteiger partial charge in [0, 0.05) is 18.7 Å². The van der Waals surface area contributed by atoms with Gasteiger partial charge in [-0.05, 0) is 36.8 Å². The van der Waals surface area contributed by atoms with E-state index in [4.69, 9.17) is 26.0 Å². The summed E-state index contributed by atoms with van der Waals surface area (Å²) in [4.78, 5) is 36.1. The van der Waals surface area contributed by atoms with Gasteiger partial charge >= 0.3 is 17.8 Å². The number of carboxylic acid groups (broad SMARTS) is 1. The second kappa shape index (κ2) is 8.62. The van der Waals surface area contributed by atoms with Crippen molar-refractivity contribution >= 4 is 28.5 Å². The third-order valence-corrected chi connectivity index (χ3v) is 5.62. The molecule has 182 valence electrons. The van der Waals surface area contributed by atoms with Gasteiger partial charge in [-0.3, -0.25) is 9.36 Å². The van der Waals surface area contributed by atoms with Gasteiger partial charge in [-0.2, -0.15) is 13.2 Å². The van der Waals surface area contributed by atoms with E-state index in [0.717, 1.165) is 7.05 Å². The van der Waals surface area contributed by atoms with E-state index in [1.54, 1.807) is 19.1 Å². The van der Waals surface area contributed by atoms with Crippen molar-refractivity contribution in [3.05, 3.63) is 73.5 Å². The van der Waals surface area contributed by atoms with Crippen molar-refractivity contribution in [2.24, 2.45) is 7.05 Å². The normalized spacial score (nSPS) is 11.7. The number of aromatic nitrogens is 3. The monoisotopic (exact) mass is 509 g/mol. The molecule has 0 saturated heterocycles. The van der Waals surface area contributed by atoms with Crippen molar-refractivity contribution in [3.8, 4) is 22.7 Å². The molecule has 0 spiro atoms. The predicted octanol–water partition coefficient (Wildman–Crippen LogP) is 3.79. The van der Waals surface area contributed by atoms with Crippen LogP contribution in [0.1, 0.15) is 11.3 Å². The Morgan fingerprint density at radius 3 is 2.57 bits per heavy atom. The topological polar surface area (TPSA) is 117 Å². The lowest BCUT2D eigenvalue weighted by atomic mass is 10.0. The number of halogens is 4. The van der Waals surface area contributed by atoms with E-state index >= 15 is 0 Å². The first-order valence-corrected chi connectivity index (χ1v) is 10.2. The fraction of sp³-hybridized carbons (Fsp3) is 0.182. The van der Waals surface area contributed by atoms with Crippen molar-refractivity contribution in [3.63, 3.8) is 0 Å². The van der Waals surface area contributed by atoms with Crippen LogP contribution >= 0.6 is 11.6 Å². The van der Waals surface area contributed by atoms with Crippen LogP contribution in [0.25, 0.3) is 27.9 Å². The summed E-state index contributed by atoms with van der Waals surface area (Å²) >= 11 is 6.55. The second-order valence-electron chi connectivity index (χ2n) is 7.50. The minimum absolute atomic E-state index is 0.158. The van der Waals surface area contributed by atoms with Crippen LogP contribution in [0.3, 0.4) is 0 Å². The standard InChI is InChI=1S/C22H15ClF3N3O6/c1-10-3-4-11(34-9-17(31)32)7-12(10)20-18-14(35-27-20)6-5-13(19(18)23)29-16(30)8-15(22(24,25)26)28(2)21(29)33/h3-8H,9H2,1-2H3,(H,31,32). The van der Waals surface area contributed by atoms with E-state index in [-0.39, 0.29) is 33.1 Å². The van der Waals surface area contributed by atoms with E-state index in [0.29, 0.717) is 26.3 Å². The molecule has 4 aromatic rings. The van der Waals surface area contributed by atoms with Crippen molar-refractivity contribution in [2.75, 3.05) is 6.61 Å². The first kappa shape index (κ1) is 24.1. The van der Waals surface area contributed by atoms with Gasteiger partial charge in [-0.1, -0.05) is 22.8 Å². The number of carboxylic acids is 1. The fourth-order valence-corrected chi connectivity index (χ4v) is 3.88. The number of benzene rings is 2. The second-order valence-corrected chi connectivity index (χ2v) is 7.88. The number of alkyl halides is 3. The summed E-state index contributed by atoms with van der Waals surface area (Å²) < 4.78 is 51.0. The third-order valence-electron chi connectivity index (χ3n) is 5.23. The number of nitrogens with zero attached hydrogens (tertiary/aromatic N) is 3. The number of fused-ring (bicyclic) bond motifs is 1. The third kappa shape index (κ3) is 4.28.